The summed E-state index contributed by atoms with van der Waals surface area (Å²) in [4.78, 5) is 0. The Kier molecular flexibility index (Phi) is 5.08. The van der Waals surface area contributed by atoms with E-state index in [1.165, 1.54) is 12.1 Å². The first-order valence-electron chi connectivity index (χ1n) is 9.25. The van der Waals surface area contributed by atoms with Crippen molar-refractivity contribution in [2.75, 3.05) is 25.1 Å². The molecule has 0 bridgehead atoms. The Labute approximate surface area is 161 Å². The number of benzene rings is 2. The molecule has 0 saturated heterocycles. The molecular formula is C21H22FN3O3. The van der Waals surface area contributed by atoms with Crippen LogP contribution in [-0.2, 0) is 0 Å². The largest absolute Gasteiger partial charge is 0.490 e. The highest BCUT2D eigenvalue weighted by Crippen LogP contribution is 2.43. The van der Waals surface area contributed by atoms with Crippen LogP contribution >= 0.6 is 0 Å². The number of nitrogens with one attached hydrogen (secondary N) is 3. The van der Waals surface area contributed by atoms with Gasteiger partial charge in [0, 0.05) is 29.7 Å². The topological polar surface area (TPSA) is 82.3 Å². The third-order valence-electron chi connectivity index (χ3n) is 4.49. The molecule has 2 aromatic carbocycles. The molecule has 7 heteroatoms. The lowest BCUT2D eigenvalue weighted by molar-refractivity contribution is 0.225. The fraction of sp³-hybridized carbons (Fsp3) is 0.238. The minimum atomic E-state index is -0.296. The van der Waals surface area contributed by atoms with Gasteiger partial charge in [-0.1, -0.05) is 6.07 Å². The van der Waals surface area contributed by atoms with Gasteiger partial charge in [0.25, 0.3) is 0 Å². The predicted molar refractivity (Wildman–Crippen MR) is 107 cm³/mol. The van der Waals surface area contributed by atoms with Crippen LogP contribution in [0.25, 0.3) is 22.0 Å². The van der Waals surface area contributed by atoms with Gasteiger partial charge in [0.15, 0.2) is 11.5 Å². The van der Waals surface area contributed by atoms with Crippen molar-refractivity contribution in [3.8, 4) is 22.8 Å². The van der Waals surface area contributed by atoms with E-state index in [1.807, 2.05) is 25.1 Å². The van der Waals surface area contributed by atoms with Crippen LogP contribution < -0.4 is 14.8 Å². The lowest BCUT2D eigenvalue weighted by Gasteiger charge is -2.12. The van der Waals surface area contributed by atoms with Gasteiger partial charge in [0.05, 0.1) is 18.9 Å². The molecule has 6 nitrogen and oxygen atoms in total. The van der Waals surface area contributed by atoms with Gasteiger partial charge in [-0.15, -0.1) is 0 Å². The monoisotopic (exact) mass is 383 g/mol. The SMILES string of the molecule is CCOc1cc2cc3c(Nc4cccc(F)c4)[nH][nH]c-3c2cc1OCCCO. The van der Waals surface area contributed by atoms with Crippen LogP contribution in [-0.4, -0.2) is 35.1 Å². The number of hydrogen-bond acceptors (Lipinski definition) is 4. The van der Waals surface area contributed by atoms with Gasteiger partial charge in [-0.2, -0.15) is 0 Å². The third-order valence-corrected chi connectivity index (χ3v) is 4.49. The molecule has 0 atom stereocenters. The zero-order valence-corrected chi connectivity index (χ0v) is 15.5. The lowest BCUT2D eigenvalue weighted by atomic mass is 10.2. The van der Waals surface area contributed by atoms with Crippen molar-refractivity contribution >= 4 is 22.3 Å². The molecule has 0 fully saturated rings. The summed E-state index contributed by atoms with van der Waals surface area (Å²) in [5.41, 5.74) is 2.53. The summed E-state index contributed by atoms with van der Waals surface area (Å²) in [5, 5.41) is 20.5. The van der Waals surface area contributed by atoms with Crippen LogP contribution in [0.5, 0.6) is 11.5 Å². The van der Waals surface area contributed by atoms with Gasteiger partial charge in [0.1, 0.15) is 11.6 Å². The highest BCUT2D eigenvalue weighted by Gasteiger charge is 2.20. The number of anilines is 2. The average molecular weight is 383 g/mol. The summed E-state index contributed by atoms with van der Waals surface area (Å²) in [5.74, 6) is 1.77. The number of ether oxygens (including phenoxy) is 2. The Morgan fingerprint density at radius 2 is 1.93 bits per heavy atom. The van der Waals surface area contributed by atoms with Crippen molar-refractivity contribution in [1.82, 2.24) is 10.2 Å². The van der Waals surface area contributed by atoms with Crippen molar-refractivity contribution in [2.45, 2.75) is 13.3 Å². The Balaban J connectivity index is 1.70. The van der Waals surface area contributed by atoms with E-state index in [2.05, 4.69) is 15.5 Å². The molecule has 0 unspecified atom stereocenters. The number of fused-ring (bicyclic) bond motifs is 3. The summed E-state index contributed by atoms with van der Waals surface area (Å²) in [7, 11) is 0. The van der Waals surface area contributed by atoms with E-state index in [-0.39, 0.29) is 12.4 Å². The molecule has 0 radical (unpaired) electrons. The van der Waals surface area contributed by atoms with Crippen LogP contribution in [0.15, 0.2) is 42.5 Å². The fourth-order valence-electron chi connectivity index (χ4n) is 3.25. The van der Waals surface area contributed by atoms with E-state index in [0.717, 1.165) is 27.8 Å². The summed E-state index contributed by atoms with van der Waals surface area (Å²) in [6.07, 6.45) is 0.554. The first-order chi connectivity index (χ1) is 13.7. The van der Waals surface area contributed by atoms with Gasteiger partial charge >= 0.3 is 0 Å². The Morgan fingerprint density at radius 1 is 1.07 bits per heavy atom. The predicted octanol–water partition coefficient (Wildman–Crippen LogP) is 4.64. The van der Waals surface area contributed by atoms with E-state index < -0.39 is 0 Å². The molecule has 0 spiro atoms. The standard InChI is InChI=1S/C21H22FN3O3/c1-2-27-18-10-13-9-17-20(16(13)12-19(18)28-8-4-7-26)24-25-21(17)23-15-6-3-5-14(22)11-15/h3,5-6,9-12,23-26H,2,4,7-8H2,1H3. The summed E-state index contributed by atoms with van der Waals surface area (Å²) in [6.45, 7) is 2.94. The lowest BCUT2D eigenvalue weighted by Crippen LogP contribution is -2.02. The summed E-state index contributed by atoms with van der Waals surface area (Å²) >= 11 is 0. The normalized spacial score (nSPS) is 11.2. The van der Waals surface area contributed by atoms with Crippen LogP contribution in [0.4, 0.5) is 15.9 Å². The van der Waals surface area contributed by atoms with E-state index in [0.29, 0.717) is 36.8 Å². The number of halogens is 1. The maximum Gasteiger partial charge on any atom is 0.161 e. The van der Waals surface area contributed by atoms with E-state index >= 15 is 0 Å². The molecule has 0 saturated carbocycles. The van der Waals surface area contributed by atoms with E-state index in [9.17, 15) is 4.39 Å². The van der Waals surface area contributed by atoms with E-state index in [1.54, 1.807) is 12.1 Å². The number of rotatable bonds is 8. The molecule has 2 aliphatic rings. The first-order valence-corrected chi connectivity index (χ1v) is 9.25. The molecule has 28 heavy (non-hydrogen) atoms. The molecular weight excluding hydrogens is 361 g/mol. The fourth-order valence-corrected chi connectivity index (χ4v) is 3.25. The molecule has 4 N–H and O–H groups in total. The van der Waals surface area contributed by atoms with Gasteiger partial charge in [-0.05, 0) is 48.7 Å². The van der Waals surface area contributed by atoms with Gasteiger partial charge in [0.2, 0.25) is 0 Å². The molecule has 1 heterocycles. The minimum absolute atomic E-state index is 0.0769. The Hall–Kier alpha value is -3.19. The summed E-state index contributed by atoms with van der Waals surface area (Å²) in [6, 6.07) is 12.2. The highest BCUT2D eigenvalue weighted by molar-refractivity contribution is 6.05. The van der Waals surface area contributed by atoms with Crippen LogP contribution in [0, 0.1) is 5.82 Å². The highest BCUT2D eigenvalue weighted by atomic mass is 19.1. The number of aromatic nitrogens is 2. The molecule has 4 rings (SSSR count). The Bertz CT molecular complexity index is 1060. The quantitative estimate of drug-likeness (QED) is 0.334. The zero-order chi connectivity index (χ0) is 19.5. The number of aliphatic hydroxyl groups excluding tert-OH is 1. The second-order valence-corrected chi connectivity index (χ2v) is 6.44. The van der Waals surface area contributed by atoms with E-state index in [4.69, 9.17) is 14.6 Å². The molecule has 1 aliphatic carbocycles. The van der Waals surface area contributed by atoms with Gasteiger partial charge < -0.3 is 19.9 Å². The van der Waals surface area contributed by atoms with Crippen molar-refractivity contribution in [3.05, 3.63) is 48.3 Å². The van der Waals surface area contributed by atoms with Crippen LogP contribution in [0.3, 0.4) is 0 Å². The van der Waals surface area contributed by atoms with Crippen molar-refractivity contribution in [2.24, 2.45) is 0 Å². The van der Waals surface area contributed by atoms with Crippen LogP contribution in [0.1, 0.15) is 13.3 Å². The average Bonchev–Trinajstić information content (AvgIpc) is 3.22. The number of H-pyrrole nitrogens is 2. The Morgan fingerprint density at radius 3 is 2.71 bits per heavy atom. The van der Waals surface area contributed by atoms with Crippen molar-refractivity contribution in [3.63, 3.8) is 0 Å². The maximum absolute atomic E-state index is 13.5. The van der Waals surface area contributed by atoms with Crippen molar-refractivity contribution < 1.29 is 19.0 Å². The van der Waals surface area contributed by atoms with Gasteiger partial charge in [-0.25, -0.2) is 4.39 Å². The molecule has 0 amide bonds. The zero-order valence-electron chi connectivity index (χ0n) is 15.5. The number of aromatic amines is 2. The third kappa shape index (κ3) is 3.48. The van der Waals surface area contributed by atoms with Crippen molar-refractivity contribution in [1.29, 1.82) is 0 Å². The second kappa shape index (κ2) is 7.82. The number of aliphatic hydroxyl groups is 1. The van der Waals surface area contributed by atoms with Crippen LogP contribution in [0.2, 0.25) is 0 Å². The smallest absolute Gasteiger partial charge is 0.161 e. The summed E-state index contributed by atoms with van der Waals surface area (Å²) < 4.78 is 25.0. The molecule has 1 aliphatic heterocycles. The number of hydrogen-bond donors (Lipinski definition) is 4. The molecule has 0 aromatic heterocycles. The molecule has 146 valence electrons. The van der Waals surface area contributed by atoms with Gasteiger partial charge in [-0.3, -0.25) is 10.2 Å². The maximum atomic E-state index is 13.5. The first kappa shape index (κ1) is 18.2. The molecule has 2 aromatic rings. The second-order valence-electron chi connectivity index (χ2n) is 6.44. The minimum Gasteiger partial charge on any atom is -0.490 e.